The average Bonchev–Trinajstić information content (AvgIpc) is 3.23. The Morgan fingerprint density at radius 1 is 1.16 bits per heavy atom. The number of hydrogen-bond acceptors (Lipinski definition) is 5. The molecule has 2 aromatic carbocycles. The van der Waals surface area contributed by atoms with Crippen LogP contribution >= 0.6 is 11.6 Å². The van der Waals surface area contributed by atoms with Gasteiger partial charge in [0.15, 0.2) is 0 Å². The Bertz CT molecular complexity index is 998. The van der Waals surface area contributed by atoms with Gasteiger partial charge < -0.3 is 10.2 Å². The SMILES string of the molecule is CONC(=O)C(=O)C(Cc1ccccc1)N(Cc1ccccc1Cl)C(=O)[C@H]1CCC(=O)N1. The van der Waals surface area contributed by atoms with Crippen molar-refractivity contribution in [1.82, 2.24) is 15.7 Å². The second-order valence-corrected chi connectivity index (χ2v) is 7.83. The second kappa shape index (κ2) is 10.9. The summed E-state index contributed by atoms with van der Waals surface area (Å²) in [6, 6.07) is 14.1. The van der Waals surface area contributed by atoms with Gasteiger partial charge in [0, 0.05) is 24.4 Å². The standard InChI is InChI=1S/C23H24ClN3O5/c1-32-26-22(30)21(29)19(13-15-7-3-2-4-8-15)27(14-16-9-5-6-10-17(16)24)23(31)18-11-12-20(28)25-18/h2-10,18-19H,11-14H2,1H3,(H,25,28)(H,26,30)/t18-,19?/m1/s1. The first-order valence-corrected chi connectivity index (χ1v) is 10.5. The van der Waals surface area contributed by atoms with Crippen LogP contribution in [0.2, 0.25) is 5.02 Å². The summed E-state index contributed by atoms with van der Waals surface area (Å²) in [5.41, 5.74) is 3.42. The molecule has 168 valence electrons. The van der Waals surface area contributed by atoms with Gasteiger partial charge >= 0.3 is 5.91 Å². The van der Waals surface area contributed by atoms with E-state index in [0.29, 0.717) is 17.0 Å². The lowest BCUT2D eigenvalue weighted by Gasteiger charge is -2.33. The molecule has 1 saturated heterocycles. The predicted octanol–water partition coefficient (Wildman–Crippen LogP) is 1.81. The second-order valence-electron chi connectivity index (χ2n) is 7.42. The van der Waals surface area contributed by atoms with E-state index in [1.54, 1.807) is 24.3 Å². The maximum Gasteiger partial charge on any atom is 0.313 e. The molecule has 0 spiro atoms. The van der Waals surface area contributed by atoms with Crippen molar-refractivity contribution in [3.8, 4) is 0 Å². The molecule has 1 aliphatic heterocycles. The molecule has 1 heterocycles. The van der Waals surface area contributed by atoms with Gasteiger partial charge in [0.1, 0.15) is 12.1 Å². The smallest absolute Gasteiger partial charge is 0.313 e. The first kappa shape index (κ1) is 23.4. The van der Waals surface area contributed by atoms with Gasteiger partial charge in [-0.2, -0.15) is 0 Å². The molecule has 2 N–H and O–H groups in total. The molecule has 1 aliphatic rings. The van der Waals surface area contributed by atoms with Crippen LogP contribution in [0.15, 0.2) is 54.6 Å². The largest absolute Gasteiger partial charge is 0.344 e. The molecule has 2 atom stereocenters. The van der Waals surface area contributed by atoms with E-state index < -0.39 is 29.7 Å². The number of nitrogens with zero attached hydrogens (tertiary/aromatic N) is 1. The van der Waals surface area contributed by atoms with Crippen molar-refractivity contribution in [2.45, 2.75) is 37.9 Å². The van der Waals surface area contributed by atoms with Gasteiger partial charge in [0.25, 0.3) is 0 Å². The summed E-state index contributed by atoms with van der Waals surface area (Å²) in [5, 5.41) is 3.07. The number of ketones is 1. The zero-order valence-electron chi connectivity index (χ0n) is 17.5. The molecule has 0 bridgehead atoms. The lowest BCUT2D eigenvalue weighted by Crippen LogP contribution is -2.54. The Labute approximate surface area is 190 Å². The summed E-state index contributed by atoms with van der Waals surface area (Å²) >= 11 is 6.32. The minimum absolute atomic E-state index is 0.00558. The van der Waals surface area contributed by atoms with Crippen molar-refractivity contribution >= 4 is 35.1 Å². The number of rotatable bonds is 9. The van der Waals surface area contributed by atoms with Crippen LogP contribution in [-0.2, 0) is 37.0 Å². The topological polar surface area (TPSA) is 105 Å². The summed E-state index contributed by atoms with van der Waals surface area (Å²) in [6.07, 6.45) is 0.638. The van der Waals surface area contributed by atoms with Gasteiger partial charge in [0.2, 0.25) is 17.6 Å². The molecular formula is C23H24ClN3O5. The summed E-state index contributed by atoms with van der Waals surface area (Å²) in [6.45, 7) is -0.00558. The molecule has 0 aliphatic carbocycles. The molecule has 2 aromatic rings. The van der Waals surface area contributed by atoms with E-state index in [1.165, 1.54) is 12.0 Å². The minimum atomic E-state index is -1.13. The number of hydrogen-bond donors (Lipinski definition) is 2. The van der Waals surface area contributed by atoms with E-state index >= 15 is 0 Å². The zero-order chi connectivity index (χ0) is 23.1. The minimum Gasteiger partial charge on any atom is -0.344 e. The monoisotopic (exact) mass is 457 g/mol. The molecule has 0 radical (unpaired) electrons. The number of halogens is 1. The van der Waals surface area contributed by atoms with E-state index in [1.807, 2.05) is 35.8 Å². The van der Waals surface area contributed by atoms with E-state index in [-0.39, 0.29) is 25.3 Å². The number of carbonyl (C=O) groups excluding carboxylic acids is 4. The lowest BCUT2D eigenvalue weighted by molar-refractivity contribution is -0.151. The molecule has 8 nitrogen and oxygen atoms in total. The van der Waals surface area contributed by atoms with Crippen LogP contribution in [-0.4, -0.2) is 47.6 Å². The molecule has 3 amide bonds. The Kier molecular flexibility index (Phi) is 7.97. The number of amides is 3. The van der Waals surface area contributed by atoms with Crippen LogP contribution in [0, 0.1) is 0 Å². The van der Waals surface area contributed by atoms with Crippen molar-refractivity contribution in [3.63, 3.8) is 0 Å². The van der Waals surface area contributed by atoms with Crippen molar-refractivity contribution in [2.24, 2.45) is 0 Å². The number of Topliss-reactive ketones (excluding diaryl/α,β-unsaturated/α-hetero) is 1. The van der Waals surface area contributed by atoms with Gasteiger partial charge in [-0.25, -0.2) is 5.48 Å². The molecule has 1 fully saturated rings. The fourth-order valence-corrected chi connectivity index (χ4v) is 3.82. The van der Waals surface area contributed by atoms with E-state index in [9.17, 15) is 19.2 Å². The number of hydroxylamine groups is 1. The molecule has 0 saturated carbocycles. The van der Waals surface area contributed by atoms with Gasteiger partial charge in [-0.05, 0) is 23.6 Å². The van der Waals surface area contributed by atoms with Crippen LogP contribution in [0.5, 0.6) is 0 Å². The Morgan fingerprint density at radius 2 is 1.84 bits per heavy atom. The van der Waals surface area contributed by atoms with Gasteiger partial charge in [-0.15, -0.1) is 0 Å². The third kappa shape index (κ3) is 5.72. The maximum absolute atomic E-state index is 13.5. The summed E-state index contributed by atoms with van der Waals surface area (Å²) in [4.78, 5) is 56.6. The fraction of sp³-hybridized carbons (Fsp3) is 0.304. The predicted molar refractivity (Wildman–Crippen MR) is 117 cm³/mol. The highest BCUT2D eigenvalue weighted by atomic mass is 35.5. The summed E-state index contributed by atoms with van der Waals surface area (Å²) < 4.78 is 0. The van der Waals surface area contributed by atoms with Crippen LogP contribution < -0.4 is 10.8 Å². The van der Waals surface area contributed by atoms with Gasteiger partial charge in [-0.3, -0.25) is 24.0 Å². The average molecular weight is 458 g/mol. The highest BCUT2D eigenvalue weighted by Gasteiger charge is 2.39. The van der Waals surface area contributed by atoms with Gasteiger partial charge in [-0.1, -0.05) is 60.1 Å². The molecule has 0 aromatic heterocycles. The van der Waals surface area contributed by atoms with Crippen LogP contribution in [0.1, 0.15) is 24.0 Å². The third-order valence-corrected chi connectivity index (χ3v) is 5.61. The number of nitrogens with one attached hydrogen (secondary N) is 2. The van der Waals surface area contributed by atoms with Crippen LogP contribution in [0.3, 0.4) is 0 Å². The first-order chi connectivity index (χ1) is 15.4. The molecule has 32 heavy (non-hydrogen) atoms. The highest BCUT2D eigenvalue weighted by Crippen LogP contribution is 2.23. The lowest BCUT2D eigenvalue weighted by atomic mass is 9.98. The Hall–Kier alpha value is -3.23. The van der Waals surface area contributed by atoms with Gasteiger partial charge in [0.05, 0.1) is 7.11 Å². The van der Waals surface area contributed by atoms with Crippen LogP contribution in [0.25, 0.3) is 0 Å². The molecule has 9 heteroatoms. The normalized spacial score (nSPS) is 16.2. The van der Waals surface area contributed by atoms with Crippen LogP contribution in [0.4, 0.5) is 0 Å². The fourth-order valence-electron chi connectivity index (χ4n) is 3.63. The van der Waals surface area contributed by atoms with E-state index in [2.05, 4.69) is 10.2 Å². The molecule has 1 unspecified atom stereocenters. The maximum atomic E-state index is 13.5. The number of carbonyl (C=O) groups is 4. The molecule has 3 rings (SSSR count). The summed E-state index contributed by atoms with van der Waals surface area (Å²) in [7, 11) is 1.22. The summed E-state index contributed by atoms with van der Waals surface area (Å²) in [5.74, 6) is -2.49. The molecular weight excluding hydrogens is 434 g/mol. The first-order valence-electron chi connectivity index (χ1n) is 10.1. The van der Waals surface area contributed by atoms with Crippen molar-refractivity contribution in [2.75, 3.05) is 7.11 Å². The number of benzene rings is 2. The third-order valence-electron chi connectivity index (χ3n) is 5.24. The zero-order valence-corrected chi connectivity index (χ0v) is 18.3. The van der Waals surface area contributed by atoms with E-state index in [4.69, 9.17) is 11.6 Å². The van der Waals surface area contributed by atoms with Crippen molar-refractivity contribution in [3.05, 3.63) is 70.7 Å². The Balaban J connectivity index is 2.00. The highest BCUT2D eigenvalue weighted by molar-refractivity contribution is 6.38. The van der Waals surface area contributed by atoms with E-state index in [0.717, 1.165) is 5.56 Å². The Morgan fingerprint density at radius 3 is 2.47 bits per heavy atom. The quantitative estimate of drug-likeness (QED) is 0.441. The van der Waals surface area contributed by atoms with Crippen molar-refractivity contribution < 1.29 is 24.0 Å². The van der Waals surface area contributed by atoms with Crippen molar-refractivity contribution in [1.29, 1.82) is 0 Å².